The van der Waals surface area contributed by atoms with Gasteiger partial charge in [0.25, 0.3) is 0 Å². The monoisotopic (exact) mass is 297 g/mol. The van der Waals surface area contributed by atoms with Crippen molar-refractivity contribution in [2.45, 2.75) is 102 Å². The molecule has 0 saturated heterocycles. The quantitative estimate of drug-likeness (QED) is 0.245. The van der Waals surface area contributed by atoms with E-state index in [1.807, 2.05) is 0 Å². The van der Waals surface area contributed by atoms with E-state index in [1.54, 1.807) is 0 Å². The second-order valence-corrected chi connectivity index (χ2v) is 6.94. The molecule has 0 spiro atoms. The summed E-state index contributed by atoms with van der Waals surface area (Å²) in [6.45, 7) is 6.77. The fourth-order valence-corrected chi connectivity index (χ4v) is 2.12. The van der Waals surface area contributed by atoms with Crippen molar-refractivity contribution in [3.05, 3.63) is 5.32 Å². The zero-order valence-electron chi connectivity index (χ0n) is 14.9. The molecule has 0 N–H and O–H groups in total. The molecule has 0 aliphatic rings. The summed E-state index contributed by atoms with van der Waals surface area (Å²) in [5, 5.41) is 4.61. The Morgan fingerprint density at radius 1 is 0.550 bits per heavy atom. The van der Waals surface area contributed by atoms with Crippen molar-refractivity contribution in [2.75, 3.05) is 13.1 Å². The molecule has 0 aromatic rings. The van der Waals surface area contributed by atoms with Crippen LogP contribution in [0.15, 0.2) is 0 Å². The van der Waals surface area contributed by atoms with Crippen LogP contribution in [0.5, 0.6) is 0 Å². The van der Waals surface area contributed by atoms with E-state index in [-0.39, 0.29) is 0 Å². The summed E-state index contributed by atoms with van der Waals surface area (Å²) in [4.78, 5) is 0. The number of hydrogen-bond donors (Lipinski definition) is 0. The molecule has 120 valence electrons. The molecule has 2 heteroatoms. The summed E-state index contributed by atoms with van der Waals surface area (Å²) in [6.07, 6.45) is 16.6. The Hall–Kier alpha value is 0.492. The fraction of sp³-hybridized carbons (Fsp3) is 1.00. The van der Waals surface area contributed by atoms with E-state index in [0.29, 0.717) is 0 Å². The normalized spacial score (nSPS) is 9.80. The molecule has 0 aromatic heterocycles. The van der Waals surface area contributed by atoms with Gasteiger partial charge in [-0.05, 0) is 0 Å². The van der Waals surface area contributed by atoms with E-state index in [0.717, 1.165) is 28.3 Å². The number of nitrogens with zero attached hydrogens (tertiary/aromatic N) is 1. The molecule has 1 nitrogen and oxygen atoms in total. The average Bonchev–Trinajstić information content (AvgIpc) is 2.45. The second kappa shape index (κ2) is 24.5. The topological polar surface area (TPSA) is 14.1 Å². The van der Waals surface area contributed by atoms with Crippen LogP contribution in [0.4, 0.5) is 0 Å². The average molecular weight is 298 g/mol. The Morgan fingerprint density at radius 2 is 0.850 bits per heavy atom. The van der Waals surface area contributed by atoms with Gasteiger partial charge in [0.05, 0.1) is 0 Å². The molecule has 0 bridgehead atoms. The van der Waals surface area contributed by atoms with Crippen LogP contribution in [0.25, 0.3) is 5.32 Å². The fourth-order valence-electron chi connectivity index (χ4n) is 2.12. The van der Waals surface area contributed by atoms with Crippen LogP contribution in [0, 0.1) is 0 Å². The number of hydrogen-bond acceptors (Lipinski definition) is 0. The molecule has 0 aliphatic carbocycles. The molecule has 0 amide bonds. The first-order valence-corrected chi connectivity index (χ1v) is 11.5. The predicted octanol–water partition coefficient (Wildman–Crippen LogP) is 6.87. The van der Waals surface area contributed by atoms with Crippen LogP contribution in [-0.2, 0) is 0 Å². The van der Waals surface area contributed by atoms with Gasteiger partial charge < -0.3 is 5.32 Å². The second-order valence-electron chi connectivity index (χ2n) is 5.78. The van der Waals surface area contributed by atoms with Gasteiger partial charge in [-0.1, -0.05) is 90.9 Å². The first kappa shape index (κ1) is 22.8. The Labute approximate surface area is 136 Å². The van der Waals surface area contributed by atoms with Crippen LogP contribution in [-0.4, -0.2) is 28.3 Å². The number of unbranched alkanes of at least 4 members (excludes halogenated alkanes) is 10. The van der Waals surface area contributed by atoms with Crippen LogP contribution in [0.3, 0.4) is 0 Å². The van der Waals surface area contributed by atoms with Crippen LogP contribution in [0.1, 0.15) is 90.9 Å². The van der Waals surface area contributed by atoms with E-state index in [4.69, 9.17) is 0 Å². The molecule has 0 heterocycles. The van der Waals surface area contributed by atoms with Gasteiger partial charge in [0.15, 0.2) is 0 Å². The Morgan fingerprint density at radius 3 is 1.20 bits per heavy atom. The zero-order chi connectivity index (χ0) is 15.3. The van der Waals surface area contributed by atoms with Gasteiger partial charge in [-0.3, -0.25) is 0 Å². The maximum absolute atomic E-state index is 4.61. The van der Waals surface area contributed by atoms with Crippen molar-refractivity contribution in [3.8, 4) is 0 Å². The summed E-state index contributed by atoms with van der Waals surface area (Å²) in [6, 6.07) is 0. The van der Waals surface area contributed by atoms with Crippen molar-refractivity contribution >= 4 is 15.2 Å². The van der Waals surface area contributed by atoms with Crippen molar-refractivity contribution in [1.29, 1.82) is 0 Å². The predicted molar refractivity (Wildman–Crippen MR) is 97.3 cm³/mol. The molecule has 0 unspecified atom stereocenters. The van der Waals surface area contributed by atoms with Gasteiger partial charge in [-0.15, -0.1) is 13.1 Å². The summed E-state index contributed by atoms with van der Waals surface area (Å²) in [5.74, 6) is 4.42. The first-order valence-electron chi connectivity index (χ1n) is 9.20. The molecular formula is C18H40AlN. The SMILES string of the molecule is CCCCCCCC[N-]CCCCCCCC.[CH3][Al+][CH3]. The van der Waals surface area contributed by atoms with Gasteiger partial charge in [0.1, 0.15) is 0 Å². The zero-order valence-corrected chi connectivity index (χ0v) is 16.1. The van der Waals surface area contributed by atoms with Crippen LogP contribution in [0.2, 0.25) is 11.6 Å². The van der Waals surface area contributed by atoms with E-state index >= 15 is 0 Å². The Kier molecular flexibility index (Phi) is 27.9. The molecule has 0 saturated carbocycles. The Balaban J connectivity index is 0. The van der Waals surface area contributed by atoms with Gasteiger partial charge in [-0.25, -0.2) is 0 Å². The third-order valence-electron chi connectivity index (χ3n) is 3.34. The third kappa shape index (κ3) is 26.9. The summed E-state index contributed by atoms with van der Waals surface area (Å²) in [5.41, 5.74) is 0. The van der Waals surface area contributed by atoms with Gasteiger partial charge in [0.2, 0.25) is 0 Å². The first-order chi connectivity index (χ1) is 9.83. The molecular weight excluding hydrogens is 257 g/mol. The Bertz CT molecular complexity index is 125. The van der Waals surface area contributed by atoms with Gasteiger partial charge in [-0.2, -0.15) is 0 Å². The molecule has 0 fully saturated rings. The van der Waals surface area contributed by atoms with Gasteiger partial charge in [0, 0.05) is 0 Å². The standard InChI is InChI=1S/C16H34N.2CH3.Al/c1-3-5-7-9-11-13-15-17-16-14-12-10-8-6-4-2;;;/h3-16H2,1-2H3;2*1H3;/q-1;;;+1. The van der Waals surface area contributed by atoms with E-state index in [2.05, 4.69) is 30.7 Å². The van der Waals surface area contributed by atoms with Crippen molar-refractivity contribution in [2.24, 2.45) is 0 Å². The van der Waals surface area contributed by atoms with Crippen LogP contribution >= 0.6 is 0 Å². The molecule has 0 radical (unpaired) electrons. The minimum atomic E-state index is 0.750. The van der Waals surface area contributed by atoms with Crippen LogP contribution < -0.4 is 0 Å². The van der Waals surface area contributed by atoms with E-state index in [9.17, 15) is 0 Å². The molecule has 20 heavy (non-hydrogen) atoms. The molecule has 0 rings (SSSR count). The summed E-state index contributed by atoms with van der Waals surface area (Å²) >= 11 is 0.750. The summed E-state index contributed by atoms with van der Waals surface area (Å²) in [7, 11) is 0. The molecule has 0 aliphatic heterocycles. The molecule has 0 aromatic carbocycles. The van der Waals surface area contributed by atoms with Gasteiger partial charge >= 0.3 is 26.8 Å². The van der Waals surface area contributed by atoms with Crippen molar-refractivity contribution < 1.29 is 0 Å². The van der Waals surface area contributed by atoms with Crippen molar-refractivity contribution in [1.82, 2.24) is 0 Å². The third-order valence-corrected chi connectivity index (χ3v) is 3.34. The molecule has 0 atom stereocenters. The maximum atomic E-state index is 4.61. The summed E-state index contributed by atoms with van der Waals surface area (Å²) < 4.78 is 0. The van der Waals surface area contributed by atoms with E-state index < -0.39 is 0 Å². The van der Waals surface area contributed by atoms with Crippen molar-refractivity contribution in [3.63, 3.8) is 0 Å². The minimum absolute atomic E-state index is 0.750. The van der Waals surface area contributed by atoms with E-state index in [1.165, 1.54) is 77.0 Å². The number of rotatable bonds is 14.